The second-order valence-electron chi connectivity index (χ2n) is 4.90. The molecule has 0 aromatic heterocycles. The molecule has 0 aliphatic heterocycles. The molecule has 0 unspecified atom stereocenters. The van der Waals surface area contributed by atoms with Gasteiger partial charge in [0.2, 0.25) is 0 Å². The van der Waals surface area contributed by atoms with E-state index in [1.165, 1.54) is 10.5 Å². The molecule has 132 valence electrons. The van der Waals surface area contributed by atoms with E-state index in [1.807, 2.05) is 48.5 Å². The molecule has 0 amide bonds. The SMILES string of the molecule is Cc1ccc(Sc2ccc[c-]2[C@@H](C)O)cc1.[CH3-].[CH3-].[Fe+2].c1cc[cH-]c1. The van der Waals surface area contributed by atoms with Gasteiger partial charge in [-0.1, -0.05) is 17.7 Å². The second kappa shape index (κ2) is 13.1. The van der Waals surface area contributed by atoms with Crippen LogP contribution in [0.2, 0.25) is 0 Å². The summed E-state index contributed by atoms with van der Waals surface area (Å²) in [6.07, 6.45) is -0.400. The van der Waals surface area contributed by atoms with Crippen LogP contribution < -0.4 is 0 Å². The van der Waals surface area contributed by atoms with E-state index in [2.05, 4.69) is 31.2 Å². The molecule has 0 bridgehead atoms. The Balaban J connectivity index is 0. The molecule has 0 aliphatic rings. The predicted molar refractivity (Wildman–Crippen MR) is 103 cm³/mol. The average molecular weight is 382 g/mol. The molecule has 1 N–H and O–H groups in total. The van der Waals surface area contributed by atoms with Crippen molar-refractivity contribution in [3.63, 3.8) is 0 Å². The Morgan fingerprint density at radius 2 is 1.58 bits per heavy atom. The van der Waals surface area contributed by atoms with Gasteiger partial charge in [-0.2, -0.15) is 30.3 Å². The maximum Gasteiger partial charge on any atom is 2.00 e. The molecule has 3 heteroatoms. The van der Waals surface area contributed by atoms with E-state index in [-0.39, 0.29) is 31.9 Å². The van der Waals surface area contributed by atoms with Gasteiger partial charge in [0.05, 0.1) is 0 Å². The Morgan fingerprint density at radius 3 is 2.04 bits per heavy atom. The van der Waals surface area contributed by atoms with E-state index < -0.39 is 6.10 Å². The van der Waals surface area contributed by atoms with Gasteiger partial charge in [-0.25, -0.2) is 18.2 Å². The summed E-state index contributed by atoms with van der Waals surface area (Å²) in [7, 11) is 0. The first-order chi connectivity index (χ1) is 10.2. The Morgan fingerprint density at radius 1 is 1.00 bits per heavy atom. The summed E-state index contributed by atoms with van der Waals surface area (Å²) in [6.45, 7) is 3.88. The summed E-state index contributed by atoms with van der Waals surface area (Å²) in [5.41, 5.74) is 2.27. The number of aryl methyl sites for hydroxylation is 1. The number of hydrogen-bond donors (Lipinski definition) is 1. The summed E-state index contributed by atoms with van der Waals surface area (Å²) >= 11 is 1.70. The molecule has 3 aromatic carbocycles. The van der Waals surface area contributed by atoms with Gasteiger partial charge in [0.1, 0.15) is 0 Å². The number of aliphatic hydroxyl groups is 1. The van der Waals surface area contributed by atoms with Gasteiger partial charge in [0.25, 0.3) is 0 Å². The van der Waals surface area contributed by atoms with E-state index >= 15 is 0 Å². The Bertz CT molecular complexity index is 607. The standard InChI is InChI=1S/C14H15OS.C5H5.2CH3.Fe/c1-10-6-8-12(9-7-10)16-14-5-3-4-13(14)11(2)15;1-2-4-5-3-1;;;/h3-9,11,15H,1-2H3;1-5H;2*1H3;/q4*-1;+2/t11-;;;;/m1..../s1. The number of hydrogen-bond acceptors (Lipinski definition) is 2. The Kier molecular flexibility index (Phi) is 13.6. The van der Waals surface area contributed by atoms with Gasteiger partial charge in [-0.05, 0) is 26.0 Å². The minimum Gasteiger partial charge on any atom is -0.401 e. The van der Waals surface area contributed by atoms with E-state index in [9.17, 15) is 5.11 Å². The first-order valence-electron chi connectivity index (χ1n) is 7.01. The van der Waals surface area contributed by atoms with Crippen molar-refractivity contribution in [1.82, 2.24) is 0 Å². The van der Waals surface area contributed by atoms with Crippen LogP contribution in [0.25, 0.3) is 0 Å². The molecule has 3 rings (SSSR count). The van der Waals surface area contributed by atoms with E-state index in [0.717, 1.165) is 10.5 Å². The van der Waals surface area contributed by atoms with Gasteiger partial charge in [0.15, 0.2) is 0 Å². The van der Waals surface area contributed by atoms with Crippen molar-refractivity contribution < 1.29 is 22.2 Å². The normalized spacial score (nSPS) is 10.1. The molecule has 3 aromatic rings. The van der Waals surface area contributed by atoms with Crippen LogP contribution in [0.15, 0.2) is 82.6 Å². The molecule has 0 fully saturated rings. The van der Waals surface area contributed by atoms with E-state index in [0.29, 0.717) is 0 Å². The second-order valence-corrected chi connectivity index (χ2v) is 6.01. The molecule has 0 radical (unpaired) electrons. The maximum absolute atomic E-state index is 9.60. The smallest absolute Gasteiger partial charge is 0.401 e. The number of benzene rings is 1. The molecule has 0 saturated heterocycles. The zero-order chi connectivity index (χ0) is 15.1. The zero-order valence-electron chi connectivity index (χ0n) is 14.7. The van der Waals surface area contributed by atoms with E-state index in [1.54, 1.807) is 18.7 Å². The molecule has 24 heavy (non-hydrogen) atoms. The Hall–Kier alpha value is -1.25. The van der Waals surface area contributed by atoms with Crippen LogP contribution in [0, 0.1) is 21.8 Å². The van der Waals surface area contributed by atoms with Crippen molar-refractivity contribution in [3.8, 4) is 0 Å². The molecule has 1 nitrogen and oxygen atoms in total. The van der Waals surface area contributed by atoms with Crippen molar-refractivity contribution in [2.45, 2.75) is 29.7 Å². The van der Waals surface area contributed by atoms with Gasteiger partial charge in [-0.3, -0.25) is 0 Å². The van der Waals surface area contributed by atoms with E-state index in [4.69, 9.17) is 0 Å². The Labute approximate surface area is 162 Å². The van der Waals surface area contributed by atoms with Crippen LogP contribution in [0.4, 0.5) is 0 Å². The topological polar surface area (TPSA) is 20.2 Å². The van der Waals surface area contributed by atoms with Crippen LogP contribution >= 0.6 is 11.8 Å². The van der Waals surface area contributed by atoms with Gasteiger partial charge >= 0.3 is 17.1 Å². The quantitative estimate of drug-likeness (QED) is 0.429. The van der Waals surface area contributed by atoms with Crippen LogP contribution in [-0.4, -0.2) is 5.11 Å². The van der Waals surface area contributed by atoms with Crippen LogP contribution in [-0.2, 0) is 17.1 Å². The minimum absolute atomic E-state index is 0. The van der Waals surface area contributed by atoms with Gasteiger partial charge in [-0.15, -0.1) is 22.2 Å². The monoisotopic (exact) mass is 382 g/mol. The first kappa shape index (κ1) is 25.0. The predicted octanol–water partition coefficient (Wildman–Crippen LogP) is 6.22. The first-order valence-corrected chi connectivity index (χ1v) is 7.83. The summed E-state index contributed by atoms with van der Waals surface area (Å²) in [5, 5.41) is 9.60. The van der Waals surface area contributed by atoms with Crippen LogP contribution in [0.3, 0.4) is 0 Å². The third-order valence-corrected chi connectivity index (χ3v) is 4.16. The minimum atomic E-state index is -0.400. The summed E-state index contributed by atoms with van der Waals surface area (Å²) in [4.78, 5) is 2.34. The summed E-state index contributed by atoms with van der Waals surface area (Å²) < 4.78 is 0. The van der Waals surface area contributed by atoms with Crippen LogP contribution in [0.1, 0.15) is 24.2 Å². The number of rotatable bonds is 3. The molecule has 0 saturated carbocycles. The molecule has 0 heterocycles. The zero-order valence-corrected chi connectivity index (χ0v) is 16.6. The fourth-order valence-electron chi connectivity index (χ4n) is 1.91. The third-order valence-electron chi connectivity index (χ3n) is 3.06. The molecule has 1 atom stereocenters. The molecule has 0 spiro atoms. The average Bonchev–Trinajstić information content (AvgIpc) is 3.15. The fourth-order valence-corrected chi connectivity index (χ4v) is 2.94. The summed E-state index contributed by atoms with van der Waals surface area (Å²) in [6, 6.07) is 24.4. The van der Waals surface area contributed by atoms with Gasteiger partial charge in [0, 0.05) is 11.0 Å². The largest absolute Gasteiger partial charge is 2.00 e. The van der Waals surface area contributed by atoms with Crippen molar-refractivity contribution in [1.29, 1.82) is 0 Å². The van der Waals surface area contributed by atoms with Crippen molar-refractivity contribution in [2.24, 2.45) is 0 Å². The maximum atomic E-state index is 9.60. The summed E-state index contributed by atoms with van der Waals surface area (Å²) in [5.74, 6) is 0. The van der Waals surface area contributed by atoms with Gasteiger partial charge < -0.3 is 20.0 Å². The third kappa shape index (κ3) is 8.03. The molecule has 0 aliphatic carbocycles. The van der Waals surface area contributed by atoms with Crippen molar-refractivity contribution >= 4 is 11.8 Å². The molecular weight excluding hydrogens is 356 g/mol. The fraction of sp³-hybridized carbons (Fsp3) is 0.143. The van der Waals surface area contributed by atoms with Crippen molar-refractivity contribution in [3.05, 3.63) is 98.8 Å². The molecular formula is C21H26FeOS-2. The number of aliphatic hydroxyl groups excluding tert-OH is 1. The van der Waals surface area contributed by atoms with Crippen LogP contribution in [0.5, 0.6) is 0 Å². The van der Waals surface area contributed by atoms with Crippen molar-refractivity contribution in [2.75, 3.05) is 0 Å².